The second-order valence-electron chi connectivity index (χ2n) is 5.16. The molecule has 1 aromatic heterocycles. The number of non-ortho nitro benzene ring substituents is 1. The highest BCUT2D eigenvalue weighted by atomic mass is 35.5. The third kappa shape index (κ3) is 3.13. The van der Waals surface area contributed by atoms with Crippen LogP contribution in [0.4, 0.5) is 5.69 Å². The molecule has 3 rings (SSSR count). The number of nitro benzene ring substituents is 1. The summed E-state index contributed by atoms with van der Waals surface area (Å²) in [5.74, 6) is -0.246. The lowest BCUT2D eigenvalue weighted by molar-refractivity contribution is -0.384. The first-order chi connectivity index (χ1) is 10.6. The molecule has 0 aliphatic heterocycles. The monoisotopic (exact) mass is 336 g/mol. The molecule has 1 saturated carbocycles. The van der Waals surface area contributed by atoms with Gasteiger partial charge in [0, 0.05) is 23.1 Å². The first kappa shape index (κ1) is 15.0. The van der Waals surface area contributed by atoms with Crippen LogP contribution in [0, 0.1) is 10.1 Å². The van der Waals surface area contributed by atoms with Gasteiger partial charge in [0.2, 0.25) is 0 Å². The van der Waals surface area contributed by atoms with Crippen LogP contribution >= 0.6 is 22.9 Å². The largest absolute Gasteiger partial charge is 0.330 e. The van der Waals surface area contributed by atoms with Gasteiger partial charge in [-0.05, 0) is 30.4 Å². The predicted molar refractivity (Wildman–Crippen MR) is 85.3 cm³/mol. The van der Waals surface area contributed by atoms with Crippen molar-refractivity contribution in [1.29, 1.82) is 0 Å². The summed E-state index contributed by atoms with van der Waals surface area (Å²) >= 11 is 7.67. The van der Waals surface area contributed by atoms with Gasteiger partial charge in [-0.3, -0.25) is 14.9 Å². The molecule has 1 amide bonds. The third-order valence-corrected chi connectivity index (χ3v) is 4.74. The van der Waals surface area contributed by atoms with Crippen LogP contribution in [0.3, 0.4) is 0 Å². The van der Waals surface area contributed by atoms with Crippen molar-refractivity contribution in [3.05, 3.63) is 61.3 Å². The summed E-state index contributed by atoms with van der Waals surface area (Å²) in [4.78, 5) is 26.0. The van der Waals surface area contributed by atoms with E-state index in [-0.39, 0.29) is 28.2 Å². The molecular formula is C15H13ClN2O3S. The Hall–Kier alpha value is -1.92. The minimum Gasteiger partial charge on any atom is -0.330 e. The molecule has 1 aliphatic rings. The molecular weight excluding hydrogens is 324 g/mol. The van der Waals surface area contributed by atoms with E-state index in [1.165, 1.54) is 18.2 Å². The molecule has 0 spiro atoms. The van der Waals surface area contributed by atoms with Crippen molar-refractivity contribution in [2.24, 2.45) is 0 Å². The molecule has 0 N–H and O–H groups in total. The lowest BCUT2D eigenvalue weighted by Gasteiger charge is -2.22. The molecule has 0 radical (unpaired) electrons. The first-order valence-corrected chi connectivity index (χ1v) is 8.09. The SMILES string of the molecule is O=C(c1cc([N+](=O)[O-])ccc1Cl)N(Cc1cccs1)C1CC1. The Morgan fingerprint density at radius 1 is 1.41 bits per heavy atom. The molecule has 0 saturated heterocycles. The van der Waals surface area contributed by atoms with Gasteiger partial charge in [-0.25, -0.2) is 0 Å². The van der Waals surface area contributed by atoms with E-state index in [9.17, 15) is 14.9 Å². The quantitative estimate of drug-likeness (QED) is 0.609. The molecule has 1 heterocycles. The number of rotatable bonds is 5. The number of hydrogen-bond donors (Lipinski definition) is 0. The number of nitro groups is 1. The highest BCUT2D eigenvalue weighted by Crippen LogP contribution is 2.32. The fourth-order valence-electron chi connectivity index (χ4n) is 2.27. The van der Waals surface area contributed by atoms with Gasteiger partial charge in [-0.15, -0.1) is 11.3 Å². The van der Waals surface area contributed by atoms with E-state index in [0.29, 0.717) is 6.54 Å². The van der Waals surface area contributed by atoms with Crippen molar-refractivity contribution in [2.75, 3.05) is 0 Å². The summed E-state index contributed by atoms with van der Waals surface area (Å²) < 4.78 is 0. The van der Waals surface area contributed by atoms with E-state index in [4.69, 9.17) is 11.6 Å². The number of carbonyl (C=O) groups is 1. The number of thiophene rings is 1. The minimum absolute atomic E-state index is 0.125. The van der Waals surface area contributed by atoms with Crippen molar-refractivity contribution in [2.45, 2.75) is 25.4 Å². The summed E-state index contributed by atoms with van der Waals surface area (Å²) in [6.07, 6.45) is 1.92. The van der Waals surface area contributed by atoms with Gasteiger partial charge in [-0.1, -0.05) is 17.7 Å². The Morgan fingerprint density at radius 2 is 2.18 bits per heavy atom. The van der Waals surface area contributed by atoms with Gasteiger partial charge in [-0.2, -0.15) is 0 Å². The fraction of sp³-hybridized carbons (Fsp3) is 0.267. The van der Waals surface area contributed by atoms with Crippen LogP contribution in [0.5, 0.6) is 0 Å². The number of halogens is 1. The molecule has 5 nitrogen and oxygen atoms in total. The number of benzene rings is 1. The Morgan fingerprint density at radius 3 is 2.77 bits per heavy atom. The van der Waals surface area contributed by atoms with Crippen molar-refractivity contribution in [3.63, 3.8) is 0 Å². The van der Waals surface area contributed by atoms with Crippen LogP contribution in [0.25, 0.3) is 0 Å². The van der Waals surface area contributed by atoms with Crippen molar-refractivity contribution in [3.8, 4) is 0 Å². The second kappa shape index (κ2) is 6.06. The van der Waals surface area contributed by atoms with E-state index < -0.39 is 4.92 Å². The van der Waals surface area contributed by atoms with Crippen LogP contribution in [-0.2, 0) is 6.54 Å². The van der Waals surface area contributed by atoms with Crippen LogP contribution < -0.4 is 0 Å². The average molecular weight is 337 g/mol. The molecule has 1 fully saturated rings. The molecule has 1 aromatic carbocycles. The summed E-state index contributed by atoms with van der Waals surface area (Å²) in [6.45, 7) is 0.514. The number of amides is 1. The Balaban J connectivity index is 1.90. The van der Waals surface area contributed by atoms with Crippen LogP contribution in [0.2, 0.25) is 5.02 Å². The molecule has 7 heteroatoms. The Kier molecular flexibility index (Phi) is 4.13. The third-order valence-electron chi connectivity index (χ3n) is 3.55. The molecule has 114 valence electrons. The Bertz CT molecular complexity index is 714. The second-order valence-corrected chi connectivity index (χ2v) is 6.60. The van der Waals surface area contributed by atoms with E-state index in [1.54, 1.807) is 16.2 Å². The molecule has 0 unspecified atom stereocenters. The zero-order valence-corrected chi connectivity index (χ0v) is 13.1. The zero-order valence-electron chi connectivity index (χ0n) is 11.6. The van der Waals surface area contributed by atoms with Crippen LogP contribution in [-0.4, -0.2) is 21.8 Å². The molecule has 0 bridgehead atoms. The summed E-state index contributed by atoms with van der Waals surface area (Å²) in [7, 11) is 0. The number of hydrogen-bond acceptors (Lipinski definition) is 4. The summed E-state index contributed by atoms with van der Waals surface area (Å²) in [6, 6.07) is 8.08. The maximum absolute atomic E-state index is 12.8. The number of nitrogens with zero attached hydrogens (tertiary/aromatic N) is 2. The Labute approximate surface area is 136 Å². The lowest BCUT2D eigenvalue weighted by atomic mass is 10.1. The van der Waals surface area contributed by atoms with Gasteiger partial charge < -0.3 is 4.90 Å². The van der Waals surface area contributed by atoms with E-state index in [0.717, 1.165) is 17.7 Å². The lowest BCUT2D eigenvalue weighted by Crippen LogP contribution is -2.32. The van der Waals surface area contributed by atoms with Crippen molar-refractivity contribution >= 4 is 34.5 Å². The van der Waals surface area contributed by atoms with Gasteiger partial charge in [0.05, 0.1) is 22.1 Å². The highest BCUT2D eigenvalue weighted by molar-refractivity contribution is 7.09. The van der Waals surface area contributed by atoms with Gasteiger partial charge in [0.15, 0.2) is 0 Å². The maximum atomic E-state index is 12.8. The zero-order chi connectivity index (χ0) is 15.7. The van der Waals surface area contributed by atoms with Crippen LogP contribution in [0.15, 0.2) is 35.7 Å². The molecule has 1 aliphatic carbocycles. The van der Waals surface area contributed by atoms with Crippen molar-refractivity contribution < 1.29 is 9.72 Å². The highest BCUT2D eigenvalue weighted by Gasteiger charge is 2.34. The van der Waals surface area contributed by atoms with Crippen molar-refractivity contribution in [1.82, 2.24) is 4.90 Å². The van der Waals surface area contributed by atoms with Gasteiger partial charge in [0.1, 0.15) is 0 Å². The molecule has 22 heavy (non-hydrogen) atoms. The number of carbonyl (C=O) groups excluding carboxylic acids is 1. The molecule has 2 aromatic rings. The van der Waals surface area contributed by atoms with E-state index >= 15 is 0 Å². The van der Waals surface area contributed by atoms with Gasteiger partial charge >= 0.3 is 0 Å². The topological polar surface area (TPSA) is 63.4 Å². The minimum atomic E-state index is -0.520. The standard InChI is InChI=1S/C15H13ClN2O3S/c16-14-6-5-11(18(20)21)8-13(14)15(19)17(10-3-4-10)9-12-2-1-7-22-12/h1-2,5-8,10H,3-4,9H2. The predicted octanol–water partition coefficient (Wildman–Crippen LogP) is 4.11. The maximum Gasteiger partial charge on any atom is 0.270 e. The smallest absolute Gasteiger partial charge is 0.270 e. The average Bonchev–Trinajstić information content (AvgIpc) is 3.21. The van der Waals surface area contributed by atoms with E-state index in [1.807, 2.05) is 17.5 Å². The van der Waals surface area contributed by atoms with Gasteiger partial charge in [0.25, 0.3) is 11.6 Å². The summed E-state index contributed by atoms with van der Waals surface area (Å²) in [5.41, 5.74) is 0.0685. The summed E-state index contributed by atoms with van der Waals surface area (Å²) in [5, 5.41) is 13.1. The van der Waals surface area contributed by atoms with Crippen LogP contribution in [0.1, 0.15) is 28.1 Å². The van der Waals surface area contributed by atoms with E-state index in [2.05, 4.69) is 0 Å². The normalized spacial score (nSPS) is 13.9. The first-order valence-electron chi connectivity index (χ1n) is 6.83. The molecule has 0 atom stereocenters. The fourth-order valence-corrected chi connectivity index (χ4v) is 3.17.